The molecule has 0 spiro atoms. The number of rotatable bonds is 4. The van der Waals surface area contributed by atoms with Crippen LogP contribution in [-0.2, 0) is 19.5 Å². The third kappa shape index (κ3) is 4.53. The molecule has 1 aromatic heterocycles. The Morgan fingerprint density at radius 1 is 1.15 bits per heavy atom. The van der Waals surface area contributed by atoms with Crippen LogP contribution in [0.4, 0.5) is 5.95 Å². The maximum Gasteiger partial charge on any atom is 0.225 e. The number of piperidine rings is 1. The highest BCUT2D eigenvalue weighted by Crippen LogP contribution is 2.25. The SMILES string of the molecule is COc1ccccc1CN1CCc2nc(N3CCC(C)CC3)ncc2C1.Cl. The molecule has 5 nitrogen and oxygen atoms in total. The first-order valence-electron chi connectivity index (χ1n) is 9.67. The number of ether oxygens (including phenoxy) is 1. The maximum absolute atomic E-state index is 5.49. The van der Waals surface area contributed by atoms with Gasteiger partial charge in [-0.25, -0.2) is 9.97 Å². The highest BCUT2D eigenvalue weighted by Gasteiger charge is 2.22. The van der Waals surface area contributed by atoms with E-state index in [-0.39, 0.29) is 12.4 Å². The van der Waals surface area contributed by atoms with E-state index in [0.717, 1.165) is 56.8 Å². The van der Waals surface area contributed by atoms with Gasteiger partial charge in [-0.1, -0.05) is 25.1 Å². The molecular weight excluding hydrogens is 360 g/mol. The Morgan fingerprint density at radius 3 is 2.70 bits per heavy atom. The summed E-state index contributed by atoms with van der Waals surface area (Å²) in [4.78, 5) is 14.4. The molecule has 146 valence electrons. The van der Waals surface area contributed by atoms with Crippen LogP contribution >= 0.6 is 12.4 Å². The van der Waals surface area contributed by atoms with E-state index in [1.807, 2.05) is 18.3 Å². The van der Waals surface area contributed by atoms with Crippen molar-refractivity contribution in [2.45, 2.75) is 39.3 Å². The minimum absolute atomic E-state index is 0. The average Bonchev–Trinajstić information content (AvgIpc) is 2.68. The van der Waals surface area contributed by atoms with E-state index in [2.05, 4.69) is 33.8 Å². The van der Waals surface area contributed by atoms with Gasteiger partial charge in [-0.05, 0) is 24.8 Å². The molecule has 0 bridgehead atoms. The highest BCUT2D eigenvalue weighted by molar-refractivity contribution is 5.85. The summed E-state index contributed by atoms with van der Waals surface area (Å²) < 4.78 is 5.49. The topological polar surface area (TPSA) is 41.5 Å². The number of nitrogens with zero attached hydrogens (tertiary/aromatic N) is 4. The minimum Gasteiger partial charge on any atom is -0.496 e. The third-order valence-corrected chi connectivity index (χ3v) is 5.65. The largest absolute Gasteiger partial charge is 0.496 e. The van der Waals surface area contributed by atoms with E-state index in [1.165, 1.54) is 29.7 Å². The van der Waals surface area contributed by atoms with Crippen LogP contribution in [-0.4, -0.2) is 41.6 Å². The zero-order valence-electron chi connectivity index (χ0n) is 16.2. The third-order valence-electron chi connectivity index (χ3n) is 5.65. The van der Waals surface area contributed by atoms with Gasteiger partial charge in [-0.3, -0.25) is 4.90 Å². The van der Waals surface area contributed by atoms with Crippen molar-refractivity contribution in [2.75, 3.05) is 31.6 Å². The Balaban J connectivity index is 0.00000210. The van der Waals surface area contributed by atoms with E-state index < -0.39 is 0 Å². The summed E-state index contributed by atoms with van der Waals surface area (Å²) >= 11 is 0. The number of anilines is 1. The monoisotopic (exact) mass is 388 g/mol. The van der Waals surface area contributed by atoms with E-state index in [4.69, 9.17) is 9.72 Å². The Morgan fingerprint density at radius 2 is 1.93 bits per heavy atom. The van der Waals surface area contributed by atoms with Gasteiger partial charge in [-0.2, -0.15) is 0 Å². The number of hydrogen-bond donors (Lipinski definition) is 0. The molecule has 1 aromatic carbocycles. The molecule has 1 saturated heterocycles. The fourth-order valence-electron chi connectivity index (χ4n) is 3.93. The first-order valence-corrected chi connectivity index (χ1v) is 9.67. The zero-order chi connectivity index (χ0) is 17.9. The second kappa shape index (κ2) is 8.89. The second-order valence-electron chi connectivity index (χ2n) is 7.58. The quantitative estimate of drug-likeness (QED) is 0.798. The summed E-state index contributed by atoms with van der Waals surface area (Å²) in [6.07, 6.45) is 5.52. The molecule has 0 unspecified atom stereocenters. The van der Waals surface area contributed by atoms with Crippen LogP contribution in [0.5, 0.6) is 5.75 Å². The maximum atomic E-state index is 5.49. The summed E-state index contributed by atoms with van der Waals surface area (Å²) in [5.41, 5.74) is 3.73. The zero-order valence-corrected chi connectivity index (χ0v) is 17.0. The fourth-order valence-corrected chi connectivity index (χ4v) is 3.93. The number of hydrogen-bond acceptors (Lipinski definition) is 5. The van der Waals surface area contributed by atoms with Crippen LogP contribution in [0.2, 0.25) is 0 Å². The van der Waals surface area contributed by atoms with E-state index in [0.29, 0.717) is 0 Å². The number of methoxy groups -OCH3 is 1. The molecule has 27 heavy (non-hydrogen) atoms. The van der Waals surface area contributed by atoms with Gasteiger partial charge in [0.05, 0.1) is 12.8 Å². The average molecular weight is 389 g/mol. The van der Waals surface area contributed by atoms with Crippen molar-refractivity contribution in [2.24, 2.45) is 5.92 Å². The summed E-state index contributed by atoms with van der Waals surface area (Å²) in [7, 11) is 1.74. The lowest BCUT2D eigenvalue weighted by Crippen LogP contribution is -2.35. The predicted octanol–water partition coefficient (Wildman–Crippen LogP) is 3.70. The van der Waals surface area contributed by atoms with Gasteiger partial charge in [0.2, 0.25) is 5.95 Å². The standard InChI is InChI=1S/C21H28N4O.ClH/c1-16-7-11-25(12-8-16)21-22-13-18-15-24(10-9-19(18)23-21)14-17-5-3-4-6-20(17)26-2;/h3-6,13,16H,7-12,14-15H2,1-2H3;1H. The van der Waals surface area contributed by atoms with Crippen molar-refractivity contribution >= 4 is 18.4 Å². The lowest BCUT2D eigenvalue weighted by Gasteiger charge is -2.32. The molecule has 2 aliphatic rings. The number of para-hydroxylation sites is 1. The Labute approximate surface area is 168 Å². The molecule has 0 aliphatic carbocycles. The molecule has 0 N–H and O–H groups in total. The lowest BCUT2D eigenvalue weighted by molar-refractivity contribution is 0.239. The molecule has 0 saturated carbocycles. The molecule has 0 amide bonds. The van der Waals surface area contributed by atoms with E-state index in [1.54, 1.807) is 7.11 Å². The molecule has 0 radical (unpaired) electrons. The van der Waals surface area contributed by atoms with Crippen LogP contribution in [0.25, 0.3) is 0 Å². The van der Waals surface area contributed by atoms with Gasteiger partial charge >= 0.3 is 0 Å². The molecule has 4 rings (SSSR count). The number of halogens is 1. The molecule has 6 heteroatoms. The van der Waals surface area contributed by atoms with Gasteiger partial charge in [0.15, 0.2) is 0 Å². The van der Waals surface area contributed by atoms with Crippen LogP contribution in [0.1, 0.15) is 36.6 Å². The van der Waals surface area contributed by atoms with Crippen molar-refractivity contribution in [1.82, 2.24) is 14.9 Å². The second-order valence-corrected chi connectivity index (χ2v) is 7.58. The van der Waals surface area contributed by atoms with Gasteiger partial charge in [0.1, 0.15) is 5.75 Å². The smallest absolute Gasteiger partial charge is 0.225 e. The Hall–Kier alpha value is -1.85. The molecular formula is C21H29ClN4O. The number of aromatic nitrogens is 2. The van der Waals surface area contributed by atoms with Crippen molar-refractivity contribution in [3.8, 4) is 5.75 Å². The van der Waals surface area contributed by atoms with Crippen molar-refractivity contribution in [3.63, 3.8) is 0 Å². The Kier molecular flexibility index (Phi) is 6.55. The summed E-state index contributed by atoms with van der Waals surface area (Å²) in [5, 5.41) is 0. The van der Waals surface area contributed by atoms with Crippen LogP contribution in [0.15, 0.2) is 30.5 Å². The number of fused-ring (bicyclic) bond motifs is 1. The highest BCUT2D eigenvalue weighted by atomic mass is 35.5. The molecule has 1 fully saturated rings. The van der Waals surface area contributed by atoms with E-state index in [9.17, 15) is 0 Å². The summed E-state index contributed by atoms with van der Waals surface area (Å²) in [6, 6.07) is 8.27. The fraction of sp³-hybridized carbons (Fsp3) is 0.524. The normalized spacial score (nSPS) is 17.9. The van der Waals surface area contributed by atoms with Gasteiger partial charge in [0, 0.05) is 56.5 Å². The van der Waals surface area contributed by atoms with Gasteiger partial charge < -0.3 is 9.64 Å². The van der Waals surface area contributed by atoms with Crippen LogP contribution in [0.3, 0.4) is 0 Å². The summed E-state index contributed by atoms with van der Waals surface area (Å²) in [6.45, 7) is 7.33. The number of benzene rings is 1. The Bertz CT molecular complexity index is 762. The summed E-state index contributed by atoms with van der Waals surface area (Å²) in [5.74, 6) is 2.71. The van der Waals surface area contributed by atoms with Gasteiger partial charge in [0.25, 0.3) is 0 Å². The molecule has 2 aliphatic heterocycles. The van der Waals surface area contributed by atoms with E-state index >= 15 is 0 Å². The van der Waals surface area contributed by atoms with Crippen LogP contribution in [0, 0.1) is 5.92 Å². The van der Waals surface area contributed by atoms with Crippen molar-refractivity contribution < 1.29 is 4.74 Å². The molecule has 2 aromatic rings. The molecule has 3 heterocycles. The predicted molar refractivity (Wildman–Crippen MR) is 111 cm³/mol. The first-order chi connectivity index (χ1) is 12.7. The van der Waals surface area contributed by atoms with Crippen molar-refractivity contribution in [1.29, 1.82) is 0 Å². The minimum atomic E-state index is 0. The van der Waals surface area contributed by atoms with Gasteiger partial charge in [-0.15, -0.1) is 12.4 Å². The molecule has 0 atom stereocenters. The van der Waals surface area contributed by atoms with Crippen molar-refractivity contribution in [3.05, 3.63) is 47.3 Å². The lowest BCUT2D eigenvalue weighted by atomic mass is 9.99. The van der Waals surface area contributed by atoms with Crippen LogP contribution < -0.4 is 9.64 Å². The first kappa shape index (κ1) is 19.9.